The number of rotatable bonds is 9. The normalized spacial score (nSPS) is 23.6. The number of carbonyl (C=O) groups is 2. The van der Waals surface area contributed by atoms with Gasteiger partial charge in [0.1, 0.15) is 47.1 Å². The molecule has 4 aliphatic rings. The summed E-state index contributed by atoms with van der Waals surface area (Å²) < 4.78 is 55.5. The number of anilines is 1. The van der Waals surface area contributed by atoms with Crippen LogP contribution in [0.25, 0.3) is 32.9 Å². The molecule has 4 saturated heterocycles. The van der Waals surface area contributed by atoms with Crippen LogP contribution in [0.1, 0.15) is 64.9 Å². The number of hydrogen-bond acceptors (Lipinski definition) is 11. The highest BCUT2D eigenvalue weighted by Crippen LogP contribution is 2.44. The molecule has 2 aromatic heterocycles. The molecule has 1 amide bonds. The van der Waals surface area contributed by atoms with Crippen molar-refractivity contribution in [2.45, 2.75) is 88.6 Å². The second-order valence-corrected chi connectivity index (χ2v) is 15.9. The van der Waals surface area contributed by atoms with Crippen LogP contribution in [-0.4, -0.2) is 107 Å². The van der Waals surface area contributed by atoms with Gasteiger partial charge >= 0.3 is 12.1 Å². The van der Waals surface area contributed by atoms with E-state index < -0.39 is 17.2 Å². The van der Waals surface area contributed by atoms with E-state index in [1.807, 2.05) is 30.6 Å². The fourth-order valence-corrected chi connectivity index (χ4v) is 9.04. The van der Waals surface area contributed by atoms with E-state index in [9.17, 15) is 9.59 Å². The lowest BCUT2D eigenvalue weighted by Gasteiger charge is -2.42. The van der Waals surface area contributed by atoms with Crippen LogP contribution in [0.5, 0.6) is 11.8 Å². The Kier molecular flexibility index (Phi) is 9.49. The second-order valence-electron chi connectivity index (χ2n) is 15.9. The number of nitrogens with zero attached hydrogens (tertiary/aromatic N) is 6. The first-order valence-corrected chi connectivity index (χ1v) is 18.8. The molecule has 4 fully saturated rings. The molecule has 288 valence electrons. The highest BCUT2D eigenvalue weighted by molar-refractivity contribution is 6.03. The molecule has 4 atom stereocenters. The minimum absolute atomic E-state index is 0.0198. The molecule has 4 aromatic rings. The number of aldehydes is 1. The summed E-state index contributed by atoms with van der Waals surface area (Å²) in [5.41, 5.74) is -0.965. The van der Waals surface area contributed by atoms with Crippen LogP contribution in [0.15, 0.2) is 30.5 Å². The maximum Gasteiger partial charge on any atom is 0.410 e. The van der Waals surface area contributed by atoms with Crippen molar-refractivity contribution in [1.29, 1.82) is 0 Å². The molecule has 12 nitrogen and oxygen atoms in total. The smallest absolute Gasteiger partial charge is 0.410 e. The number of amides is 1. The molecule has 14 heteroatoms. The molecule has 2 bridgehead atoms. The highest BCUT2D eigenvalue weighted by Gasteiger charge is 2.50. The van der Waals surface area contributed by atoms with Crippen molar-refractivity contribution in [2.24, 2.45) is 0 Å². The molecule has 2 unspecified atom stereocenters. The zero-order valence-electron chi connectivity index (χ0n) is 31.4. The number of benzene rings is 2. The van der Waals surface area contributed by atoms with E-state index in [2.05, 4.69) is 20.8 Å². The third-order valence-electron chi connectivity index (χ3n) is 11.4. The largest absolute Gasteiger partial charge is 0.468 e. The van der Waals surface area contributed by atoms with Crippen molar-refractivity contribution >= 4 is 39.9 Å². The predicted molar refractivity (Wildman–Crippen MR) is 201 cm³/mol. The fourth-order valence-electron chi connectivity index (χ4n) is 9.04. The topological polar surface area (TPSA) is 119 Å². The number of aromatic nitrogens is 3. The minimum atomic E-state index is -0.777. The van der Waals surface area contributed by atoms with Crippen LogP contribution in [0.3, 0.4) is 0 Å². The monoisotopic (exact) mass is 754 g/mol. The van der Waals surface area contributed by atoms with E-state index in [1.165, 1.54) is 19.4 Å². The summed E-state index contributed by atoms with van der Waals surface area (Å²) in [6, 6.07) is 5.56. The van der Waals surface area contributed by atoms with Gasteiger partial charge in [-0.15, -0.1) is 6.42 Å². The summed E-state index contributed by atoms with van der Waals surface area (Å²) in [4.78, 5) is 45.4. The molecule has 4 aliphatic heterocycles. The standard InChI is InChI=1S/C41H44F2N6O6/c1-6-29-32(42)11-8-24-16-28(54-23-52-5)17-30(33(24)29)35-34(43)36-31(18-44-35)37(47-19-25-9-10-26(20-47)49(25)39(51)55-40(2,3)4)46-38(45-36)53-22-41-13-7-15-48(41)27(21-50)12-14-41/h1,8,11,16-18,21,25-27H,7,9-10,12-15,19-20,22-23H2,2-5H3/t25?,26?,27-,41+/m0/s1. The molecule has 0 saturated carbocycles. The molecule has 0 spiro atoms. The molecule has 6 heterocycles. The van der Waals surface area contributed by atoms with E-state index in [-0.39, 0.29) is 71.5 Å². The van der Waals surface area contributed by atoms with Crippen LogP contribution in [0, 0.1) is 24.0 Å². The zero-order valence-corrected chi connectivity index (χ0v) is 31.4. The molecule has 55 heavy (non-hydrogen) atoms. The Balaban J connectivity index is 1.24. The van der Waals surface area contributed by atoms with Gasteiger partial charge in [-0.1, -0.05) is 12.0 Å². The number of piperazine rings is 1. The molecular weight excluding hydrogens is 710 g/mol. The maximum absolute atomic E-state index is 17.3. The number of hydrogen-bond donors (Lipinski definition) is 0. The zero-order chi connectivity index (χ0) is 38.6. The van der Waals surface area contributed by atoms with E-state index in [4.69, 9.17) is 30.4 Å². The lowest BCUT2D eigenvalue weighted by Crippen LogP contribution is -2.57. The number of methoxy groups -OCH3 is 1. The van der Waals surface area contributed by atoms with E-state index >= 15 is 8.78 Å². The summed E-state index contributed by atoms with van der Waals surface area (Å²) in [7, 11) is 1.48. The van der Waals surface area contributed by atoms with E-state index in [0.717, 1.165) is 51.4 Å². The van der Waals surface area contributed by atoms with Gasteiger partial charge in [-0.2, -0.15) is 9.97 Å². The third-order valence-corrected chi connectivity index (χ3v) is 11.4. The predicted octanol–water partition coefficient (Wildman–Crippen LogP) is 6.25. The lowest BCUT2D eigenvalue weighted by molar-refractivity contribution is -0.112. The van der Waals surface area contributed by atoms with Gasteiger partial charge in [0, 0.05) is 37.3 Å². The van der Waals surface area contributed by atoms with Crippen molar-refractivity contribution in [3.63, 3.8) is 0 Å². The number of halogens is 2. The highest BCUT2D eigenvalue weighted by atomic mass is 19.1. The van der Waals surface area contributed by atoms with Gasteiger partial charge in [0.2, 0.25) is 0 Å². The average molecular weight is 755 g/mol. The minimum Gasteiger partial charge on any atom is -0.468 e. The van der Waals surface area contributed by atoms with Crippen molar-refractivity contribution in [1.82, 2.24) is 24.8 Å². The van der Waals surface area contributed by atoms with Gasteiger partial charge in [-0.3, -0.25) is 14.8 Å². The molecule has 0 aliphatic carbocycles. The molecule has 2 aromatic carbocycles. The SMILES string of the molecule is C#Cc1c(F)ccc2cc(OCOC)cc(-c3ncc4c(N5CC6CCC(C5)N6C(=O)OC(C)(C)C)nc(OC[C@]56CCCN5[C@H](C=O)CC6)nc4c3F)c12. The van der Waals surface area contributed by atoms with Crippen LogP contribution in [0.4, 0.5) is 19.4 Å². The molecule has 8 rings (SSSR count). The summed E-state index contributed by atoms with van der Waals surface area (Å²) in [6.45, 7) is 7.35. The quantitative estimate of drug-likeness (QED) is 0.110. The van der Waals surface area contributed by atoms with E-state index in [1.54, 1.807) is 18.2 Å². The molecule has 0 radical (unpaired) electrons. The van der Waals surface area contributed by atoms with Crippen molar-refractivity contribution in [3.05, 3.63) is 47.7 Å². The first-order valence-electron chi connectivity index (χ1n) is 18.8. The number of ether oxygens (including phenoxy) is 4. The van der Waals surface area contributed by atoms with Gasteiger partial charge in [0.25, 0.3) is 0 Å². The van der Waals surface area contributed by atoms with Crippen molar-refractivity contribution in [3.8, 4) is 35.4 Å². The van der Waals surface area contributed by atoms with Crippen molar-refractivity contribution in [2.75, 3.05) is 45.0 Å². The summed E-state index contributed by atoms with van der Waals surface area (Å²) >= 11 is 0. The van der Waals surface area contributed by atoms with Gasteiger partial charge in [0.15, 0.2) is 12.6 Å². The average Bonchev–Trinajstić information content (AvgIpc) is 3.81. The van der Waals surface area contributed by atoms with Gasteiger partial charge in [-0.05, 0) is 89.4 Å². The summed E-state index contributed by atoms with van der Waals surface area (Å²) in [5.74, 6) is 1.79. The first-order chi connectivity index (χ1) is 26.4. The van der Waals surface area contributed by atoms with Crippen LogP contribution < -0.4 is 14.4 Å². The Morgan fingerprint density at radius 1 is 1.09 bits per heavy atom. The number of carbonyl (C=O) groups excluding carboxylic acids is 2. The Morgan fingerprint density at radius 3 is 2.58 bits per heavy atom. The van der Waals surface area contributed by atoms with Crippen molar-refractivity contribution < 1.29 is 37.3 Å². The first kappa shape index (κ1) is 36.8. The van der Waals surface area contributed by atoms with Gasteiger partial charge < -0.3 is 28.6 Å². The summed E-state index contributed by atoms with van der Waals surface area (Å²) in [6.07, 6.45) is 12.9. The Hall–Kier alpha value is -5.13. The Bertz CT molecular complexity index is 2210. The Labute approximate surface area is 318 Å². The van der Waals surface area contributed by atoms with Gasteiger partial charge in [0.05, 0.1) is 34.6 Å². The van der Waals surface area contributed by atoms with Crippen LogP contribution in [0.2, 0.25) is 0 Å². The maximum atomic E-state index is 17.3. The van der Waals surface area contributed by atoms with E-state index in [0.29, 0.717) is 40.8 Å². The second kappa shape index (κ2) is 14.2. The van der Waals surface area contributed by atoms with Crippen LogP contribution in [-0.2, 0) is 14.3 Å². The number of pyridine rings is 1. The fraction of sp³-hybridized carbons (Fsp3) is 0.488. The number of fused-ring (bicyclic) bond motifs is 5. The molecular formula is C41H44F2N6O6. The lowest BCUT2D eigenvalue weighted by atomic mass is 9.95. The third kappa shape index (κ3) is 6.57. The van der Waals surface area contributed by atoms with Gasteiger partial charge in [-0.25, -0.2) is 13.6 Å². The summed E-state index contributed by atoms with van der Waals surface area (Å²) in [5, 5.41) is 1.17. The van der Waals surface area contributed by atoms with Crippen LogP contribution >= 0.6 is 0 Å². The molecule has 0 N–H and O–H groups in total. The number of terminal acetylenes is 1. The Morgan fingerprint density at radius 2 is 1.87 bits per heavy atom.